The number of rotatable bonds is 7. The fourth-order valence-corrected chi connectivity index (χ4v) is 4.49. The fourth-order valence-electron chi connectivity index (χ4n) is 2.50. The second-order valence-electron chi connectivity index (χ2n) is 5.42. The van der Waals surface area contributed by atoms with E-state index >= 15 is 0 Å². The molecule has 0 spiro atoms. The summed E-state index contributed by atoms with van der Waals surface area (Å²) in [4.78, 5) is 9.86. The molecule has 5 heteroatoms. The number of halogens is 1. The number of unbranched alkanes of at least 4 members (excludes halogenated alkanes) is 3. The zero-order valence-electron chi connectivity index (χ0n) is 13.1. The molecule has 2 aromatic heterocycles. The van der Waals surface area contributed by atoms with Crippen molar-refractivity contribution in [3.63, 3.8) is 0 Å². The van der Waals surface area contributed by atoms with Gasteiger partial charge in [-0.05, 0) is 29.9 Å². The predicted octanol–water partition coefficient (Wildman–Crippen LogP) is 6.17. The molecule has 0 aliphatic rings. The first kappa shape index (κ1) is 16.4. The lowest BCUT2D eigenvalue weighted by Gasteiger charge is -2.05. The van der Waals surface area contributed by atoms with E-state index in [9.17, 15) is 4.39 Å². The molecular weight excluding hydrogens is 327 g/mol. The van der Waals surface area contributed by atoms with Crippen LogP contribution in [-0.2, 0) is 0 Å². The highest BCUT2D eigenvalue weighted by Gasteiger charge is 2.13. The number of benzene rings is 1. The largest absolute Gasteiger partial charge is 0.229 e. The van der Waals surface area contributed by atoms with Gasteiger partial charge in [0.25, 0.3) is 0 Å². The van der Waals surface area contributed by atoms with E-state index in [0.29, 0.717) is 0 Å². The maximum absolute atomic E-state index is 13.2. The SMILES string of the molecule is CCCCCCSc1ncnc2scc(-c3ccc(F)cc3)c12. The summed E-state index contributed by atoms with van der Waals surface area (Å²) >= 11 is 3.41. The van der Waals surface area contributed by atoms with Crippen molar-refractivity contribution >= 4 is 33.3 Å². The molecule has 0 radical (unpaired) electrons. The Hall–Kier alpha value is -1.46. The summed E-state index contributed by atoms with van der Waals surface area (Å²) in [7, 11) is 0. The van der Waals surface area contributed by atoms with Crippen LogP contribution in [0.3, 0.4) is 0 Å². The quantitative estimate of drug-likeness (QED) is 0.291. The third-order valence-corrected chi connectivity index (χ3v) is 5.69. The van der Waals surface area contributed by atoms with Crippen LogP contribution in [0.1, 0.15) is 32.6 Å². The number of aromatic nitrogens is 2. The van der Waals surface area contributed by atoms with Crippen LogP contribution in [0, 0.1) is 5.82 Å². The van der Waals surface area contributed by atoms with Gasteiger partial charge in [-0.3, -0.25) is 0 Å². The van der Waals surface area contributed by atoms with Crippen molar-refractivity contribution in [1.82, 2.24) is 9.97 Å². The Bertz CT molecular complexity index is 768. The molecule has 1 aromatic carbocycles. The molecule has 120 valence electrons. The summed E-state index contributed by atoms with van der Waals surface area (Å²) in [6.07, 6.45) is 6.66. The molecule has 0 aliphatic heterocycles. The topological polar surface area (TPSA) is 25.8 Å². The number of hydrogen-bond donors (Lipinski definition) is 0. The number of hydrogen-bond acceptors (Lipinski definition) is 4. The van der Waals surface area contributed by atoms with E-state index in [-0.39, 0.29) is 5.82 Å². The van der Waals surface area contributed by atoms with Gasteiger partial charge in [-0.1, -0.05) is 38.3 Å². The van der Waals surface area contributed by atoms with Gasteiger partial charge in [-0.15, -0.1) is 23.1 Å². The number of thiophene rings is 1. The van der Waals surface area contributed by atoms with Gasteiger partial charge in [-0.2, -0.15) is 0 Å². The van der Waals surface area contributed by atoms with Crippen LogP contribution in [0.25, 0.3) is 21.3 Å². The molecule has 0 bridgehead atoms. The summed E-state index contributed by atoms with van der Waals surface area (Å²) in [5.41, 5.74) is 2.11. The Morgan fingerprint density at radius 2 is 1.91 bits per heavy atom. The van der Waals surface area contributed by atoms with Crippen LogP contribution in [0.2, 0.25) is 0 Å². The third kappa shape index (κ3) is 3.90. The van der Waals surface area contributed by atoms with Crippen molar-refractivity contribution in [3.8, 4) is 11.1 Å². The molecule has 2 heterocycles. The molecule has 0 aliphatic carbocycles. The van der Waals surface area contributed by atoms with Gasteiger partial charge in [-0.25, -0.2) is 14.4 Å². The molecule has 2 nitrogen and oxygen atoms in total. The van der Waals surface area contributed by atoms with Crippen LogP contribution in [0.5, 0.6) is 0 Å². The fraction of sp³-hybridized carbons (Fsp3) is 0.333. The molecule has 0 amide bonds. The third-order valence-electron chi connectivity index (χ3n) is 3.73. The van der Waals surface area contributed by atoms with Gasteiger partial charge in [0.1, 0.15) is 22.0 Å². The number of thioether (sulfide) groups is 1. The number of nitrogens with zero attached hydrogens (tertiary/aromatic N) is 2. The molecular formula is C18H19FN2S2. The van der Waals surface area contributed by atoms with Gasteiger partial charge in [0.15, 0.2) is 0 Å². The maximum atomic E-state index is 13.2. The monoisotopic (exact) mass is 346 g/mol. The lowest BCUT2D eigenvalue weighted by molar-refractivity contribution is 0.628. The Labute approximate surface area is 144 Å². The van der Waals surface area contributed by atoms with Crippen LogP contribution < -0.4 is 0 Å². The zero-order valence-corrected chi connectivity index (χ0v) is 14.7. The van der Waals surface area contributed by atoms with Crippen LogP contribution in [-0.4, -0.2) is 15.7 Å². The van der Waals surface area contributed by atoms with Gasteiger partial charge < -0.3 is 0 Å². The van der Waals surface area contributed by atoms with Crippen molar-refractivity contribution in [2.75, 3.05) is 5.75 Å². The molecule has 0 fully saturated rings. The van der Waals surface area contributed by atoms with Gasteiger partial charge in [0.2, 0.25) is 0 Å². The molecule has 0 N–H and O–H groups in total. The molecule has 0 unspecified atom stereocenters. The highest BCUT2D eigenvalue weighted by molar-refractivity contribution is 7.99. The van der Waals surface area contributed by atoms with Crippen molar-refractivity contribution < 1.29 is 4.39 Å². The second kappa shape index (κ2) is 7.88. The summed E-state index contributed by atoms with van der Waals surface area (Å²) in [5, 5.41) is 4.23. The molecule has 0 saturated carbocycles. The first-order chi connectivity index (χ1) is 11.3. The molecule has 3 rings (SSSR count). The molecule has 3 aromatic rings. The highest BCUT2D eigenvalue weighted by atomic mass is 32.2. The van der Waals surface area contributed by atoms with E-state index < -0.39 is 0 Å². The van der Waals surface area contributed by atoms with Crippen molar-refractivity contribution in [3.05, 3.63) is 41.8 Å². The highest BCUT2D eigenvalue weighted by Crippen LogP contribution is 2.38. The summed E-state index contributed by atoms with van der Waals surface area (Å²) in [6.45, 7) is 2.22. The summed E-state index contributed by atoms with van der Waals surface area (Å²) < 4.78 is 13.2. The Morgan fingerprint density at radius 3 is 2.70 bits per heavy atom. The minimum absolute atomic E-state index is 0.213. The van der Waals surface area contributed by atoms with E-state index in [0.717, 1.165) is 32.1 Å². The van der Waals surface area contributed by atoms with Gasteiger partial charge in [0.05, 0.1) is 5.39 Å². The van der Waals surface area contributed by atoms with Crippen molar-refractivity contribution in [2.45, 2.75) is 37.6 Å². The lowest BCUT2D eigenvalue weighted by atomic mass is 10.1. The van der Waals surface area contributed by atoms with Crippen molar-refractivity contribution in [2.24, 2.45) is 0 Å². The van der Waals surface area contributed by atoms with E-state index in [1.807, 2.05) is 12.1 Å². The van der Waals surface area contributed by atoms with Crippen molar-refractivity contribution in [1.29, 1.82) is 0 Å². The standard InChI is InChI=1S/C18H19FN2S2/c1-2-3-4-5-10-22-17-16-15(11-23-18(16)21-12-20-17)13-6-8-14(19)9-7-13/h6-9,11-12H,2-5,10H2,1H3. The normalized spacial score (nSPS) is 11.2. The van der Waals surface area contributed by atoms with Gasteiger partial charge in [0, 0.05) is 10.9 Å². The van der Waals surface area contributed by atoms with Crippen LogP contribution in [0.15, 0.2) is 41.0 Å². The average molecular weight is 346 g/mol. The zero-order chi connectivity index (χ0) is 16.1. The van der Waals surface area contributed by atoms with E-state index in [1.165, 1.54) is 37.8 Å². The Morgan fingerprint density at radius 1 is 1.09 bits per heavy atom. The molecule has 23 heavy (non-hydrogen) atoms. The first-order valence-corrected chi connectivity index (χ1v) is 9.77. The predicted molar refractivity (Wildman–Crippen MR) is 97.7 cm³/mol. The van der Waals surface area contributed by atoms with E-state index in [2.05, 4.69) is 22.3 Å². The Kier molecular flexibility index (Phi) is 5.62. The van der Waals surface area contributed by atoms with E-state index in [1.54, 1.807) is 29.4 Å². The first-order valence-electron chi connectivity index (χ1n) is 7.90. The summed E-state index contributed by atoms with van der Waals surface area (Å²) in [5.74, 6) is 0.861. The lowest BCUT2D eigenvalue weighted by Crippen LogP contribution is -1.88. The average Bonchev–Trinajstić information content (AvgIpc) is 3.00. The number of fused-ring (bicyclic) bond motifs is 1. The van der Waals surface area contributed by atoms with Crippen LogP contribution >= 0.6 is 23.1 Å². The molecule has 0 saturated heterocycles. The second-order valence-corrected chi connectivity index (χ2v) is 7.37. The minimum atomic E-state index is -0.213. The smallest absolute Gasteiger partial charge is 0.128 e. The maximum Gasteiger partial charge on any atom is 0.128 e. The minimum Gasteiger partial charge on any atom is -0.229 e. The molecule has 0 atom stereocenters. The van der Waals surface area contributed by atoms with Gasteiger partial charge >= 0.3 is 0 Å². The van der Waals surface area contributed by atoms with Crippen LogP contribution in [0.4, 0.5) is 4.39 Å². The Balaban J connectivity index is 1.86. The summed E-state index contributed by atoms with van der Waals surface area (Å²) in [6, 6.07) is 6.64. The van der Waals surface area contributed by atoms with E-state index in [4.69, 9.17) is 0 Å².